The maximum atomic E-state index is 14.6. The number of hydrogen-bond donors (Lipinski definition) is 4. The molecule has 2 spiro atoms. The molecule has 4 aromatic rings. The SMILES string of the molecule is COC(=O)NC(C(=O)N1[C@@H](C)CC[C@H]1c1ncc(-c2ccc(-c3ccc(-c4cnc([C@@H]5CC[C@H](C)N5C(=O)C(NC(=O)OC)C5CCOC6(CCCC6)C5)[nH]4)cc3)cc2)[nH]1)C1CCOC2(CCCC2)C1. The number of nitrogens with zero attached hydrogens (tertiary/aromatic N) is 4. The summed E-state index contributed by atoms with van der Waals surface area (Å²) < 4.78 is 22.7. The van der Waals surface area contributed by atoms with Crippen LogP contribution in [0.25, 0.3) is 33.6 Å². The van der Waals surface area contributed by atoms with E-state index in [1.54, 1.807) is 0 Å². The highest BCUT2D eigenvalue weighted by Crippen LogP contribution is 2.46. The van der Waals surface area contributed by atoms with Gasteiger partial charge in [0.25, 0.3) is 0 Å². The van der Waals surface area contributed by atoms with E-state index in [0.29, 0.717) is 26.1 Å². The van der Waals surface area contributed by atoms with Gasteiger partial charge in [-0.15, -0.1) is 0 Å². The van der Waals surface area contributed by atoms with E-state index in [2.05, 4.69) is 83.0 Å². The van der Waals surface area contributed by atoms with Crippen molar-refractivity contribution < 1.29 is 38.1 Å². The van der Waals surface area contributed by atoms with Crippen LogP contribution in [-0.4, -0.2) is 117 Å². The van der Waals surface area contributed by atoms with Crippen molar-refractivity contribution >= 4 is 24.0 Å². The van der Waals surface area contributed by atoms with Crippen LogP contribution in [-0.2, 0) is 28.5 Å². The first kappa shape index (κ1) is 47.9. The van der Waals surface area contributed by atoms with Gasteiger partial charge >= 0.3 is 12.2 Å². The van der Waals surface area contributed by atoms with Crippen molar-refractivity contribution in [3.8, 4) is 33.6 Å². The zero-order valence-corrected chi connectivity index (χ0v) is 41.2. The topological polar surface area (TPSA) is 193 Å². The van der Waals surface area contributed by atoms with Gasteiger partial charge in [0, 0.05) is 25.3 Å². The Morgan fingerprint density at radius 3 is 1.33 bits per heavy atom. The molecule has 0 bridgehead atoms. The molecule has 2 aliphatic carbocycles. The molecule has 16 nitrogen and oxygen atoms in total. The summed E-state index contributed by atoms with van der Waals surface area (Å²) in [7, 11) is 2.68. The molecule has 4 N–H and O–H groups in total. The van der Waals surface area contributed by atoms with Gasteiger partial charge in [0.05, 0.1) is 61.3 Å². The molecule has 10 rings (SSSR count). The Hall–Kier alpha value is -5.74. The van der Waals surface area contributed by atoms with Gasteiger partial charge in [-0.25, -0.2) is 19.6 Å². The molecular weight excluding hydrogens is 889 g/mol. The number of ether oxygens (including phenoxy) is 4. The predicted molar refractivity (Wildman–Crippen MR) is 262 cm³/mol. The highest BCUT2D eigenvalue weighted by atomic mass is 16.5. The maximum absolute atomic E-state index is 14.6. The van der Waals surface area contributed by atoms with E-state index in [1.165, 1.54) is 14.2 Å². The lowest BCUT2D eigenvalue weighted by Gasteiger charge is -2.42. The first-order valence-corrected chi connectivity index (χ1v) is 25.9. The lowest BCUT2D eigenvalue weighted by molar-refractivity contribution is -0.143. The number of methoxy groups -OCH3 is 2. The van der Waals surface area contributed by atoms with Gasteiger partial charge in [0.1, 0.15) is 23.7 Å². The number of hydrogen-bond acceptors (Lipinski definition) is 10. The number of aromatic amines is 2. The first-order chi connectivity index (χ1) is 34.0. The average Bonchev–Trinajstić information content (AvgIpc) is 4.27. The number of carbonyl (C=O) groups excluding carboxylic acids is 4. The van der Waals surface area contributed by atoms with E-state index in [-0.39, 0.29) is 59.0 Å². The largest absolute Gasteiger partial charge is 0.453 e. The highest BCUT2D eigenvalue weighted by Gasteiger charge is 2.49. The van der Waals surface area contributed by atoms with Gasteiger partial charge in [-0.3, -0.25) is 9.59 Å². The van der Waals surface area contributed by atoms with Crippen LogP contribution in [0, 0.1) is 11.8 Å². The number of H-pyrrole nitrogens is 2. The third kappa shape index (κ3) is 9.57. The van der Waals surface area contributed by atoms with Gasteiger partial charge in [0.2, 0.25) is 11.8 Å². The van der Waals surface area contributed by atoms with E-state index < -0.39 is 24.3 Å². The molecule has 6 aliphatic rings. The Morgan fingerprint density at radius 2 is 0.957 bits per heavy atom. The number of rotatable bonds is 11. The number of alkyl carbamates (subject to hydrolysis) is 2. The quantitative estimate of drug-likeness (QED) is 0.113. The minimum absolute atomic E-state index is 0.0192. The van der Waals surface area contributed by atoms with Gasteiger partial charge in [-0.05, 0) is 125 Å². The molecular formula is C54H70N8O8. The van der Waals surface area contributed by atoms with Crippen molar-refractivity contribution in [2.75, 3.05) is 27.4 Å². The smallest absolute Gasteiger partial charge is 0.407 e. The highest BCUT2D eigenvalue weighted by molar-refractivity contribution is 5.88. The molecule has 6 heterocycles. The number of likely N-dealkylation sites (tertiary alicyclic amines) is 2. The molecule has 4 unspecified atom stereocenters. The number of carbonyl (C=O) groups is 4. The summed E-state index contributed by atoms with van der Waals surface area (Å²) in [6.45, 7) is 5.32. The first-order valence-electron chi connectivity index (χ1n) is 25.9. The second-order valence-corrected chi connectivity index (χ2v) is 21.1. The lowest BCUT2D eigenvalue weighted by Crippen LogP contribution is -2.56. The summed E-state index contributed by atoms with van der Waals surface area (Å²) in [6.07, 6.45) is 17.1. The van der Waals surface area contributed by atoms with Crippen molar-refractivity contribution in [1.82, 2.24) is 40.4 Å². The summed E-state index contributed by atoms with van der Waals surface area (Å²) >= 11 is 0. The fraction of sp³-hybridized carbons (Fsp3) is 0.593. The van der Waals surface area contributed by atoms with Crippen LogP contribution in [0.5, 0.6) is 0 Å². The molecule has 0 radical (unpaired) electrons. The number of nitrogens with one attached hydrogen (secondary N) is 4. The monoisotopic (exact) mass is 959 g/mol. The van der Waals surface area contributed by atoms with E-state index >= 15 is 0 Å². The standard InChI is InChI=1S/C54H70N8O8/c1-33-9-19-43(61(33)49(63)45(59-51(65)67-3)39-21-27-69-53(29-39)23-5-6-24-53)47-55-31-41(57-47)37-15-11-35(12-16-37)36-13-17-38(18-14-36)42-32-56-48(58-42)44-20-10-34(2)62(44)50(64)46(60-52(66)68-4)40-22-28-70-54(30-40)25-7-8-26-54/h11-18,31-34,39-40,43-46H,5-10,19-30H2,1-4H3,(H,55,57)(H,56,58)(H,59,65)(H,60,66)/t33-,34-,39?,40?,43-,44-,45?,46?/m0/s1. The van der Waals surface area contributed by atoms with Crippen molar-refractivity contribution in [2.24, 2.45) is 11.8 Å². The fourth-order valence-corrected chi connectivity index (χ4v) is 13.1. The summed E-state index contributed by atoms with van der Waals surface area (Å²) in [4.78, 5) is 75.2. The second kappa shape index (κ2) is 20.2. The molecule has 4 aliphatic heterocycles. The van der Waals surface area contributed by atoms with Crippen molar-refractivity contribution in [3.05, 3.63) is 72.6 Å². The average molecular weight is 959 g/mol. The molecule has 6 fully saturated rings. The van der Waals surface area contributed by atoms with E-state index in [9.17, 15) is 19.2 Å². The van der Waals surface area contributed by atoms with Crippen molar-refractivity contribution in [3.63, 3.8) is 0 Å². The van der Waals surface area contributed by atoms with Crippen molar-refractivity contribution in [1.29, 1.82) is 0 Å². The Labute approximate surface area is 410 Å². The molecule has 4 saturated heterocycles. The summed E-state index contributed by atoms with van der Waals surface area (Å²) in [6, 6.07) is 14.8. The van der Waals surface area contributed by atoms with Crippen LogP contribution in [0.15, 0.2) is 60.9 Å². The second-order valence-electron chi connectivity index (χ2n) is 21.1. The van der Waals surface area contributed by atoms with Gasteiger partial charge in [-0.2, -0.15) is 0 Å². The summed E-state index contributed by atoms with van der Waals surface area (Å²) in [5, 5.41) is 5.89. The minimum atomic E-state index is -0.710. The van der Waals surface area contributed by atoms with Crippen molar-refractivity contribution in [2.45, 2.75) is 164 Å². The van der Waals surface area contributed by atoms with Crippen LogP contribution in [0.1, 0.15) is 140 Å². The minimum Gasteiger partial charge on any atom is -0.453 e. The molecule has 70 heavy (non-hydrogen) atoms. The Kier molecular flexibility index (Phi) is 13.8. The Morgan fingerprint density at radius 1 is 0.586 bits per heavy atom. The van der Waals surface area contributed by atoms with Crippen LogP contribution >= 0.6 is 0 Å². The summed E-state index contributed by atoms with van der Waals surface area (Å²) in [5.74, 6) is 1.19. The third-order valence-corrected chi connectivity index (χ3v) is 16.9. The molecule has 8 atom stereocenters. The number of imidazole rings is 2. The molecule has 2 aromatic carbocycles. The van der Waals surface area contributed by atoms with E-state index in [4.69, 9.17) is 28.9 Å². The normalized spacial score (nSPS) is 26.9. The molecule has 16 heteroatoms. The molecule has 2 aromatic heterocycles. The number of aromatic nitrogens is 4. The van der Waals surface area contributed by atoms with E-state index in [0.717, 1.165) is 135 Å². The van der Waals surface area contributed by atoms with Crippen LogP contribution in [0.3, 0.4) is 0 Å². The fourth-order valence-electron chi connectivity index (χ4n) is 13.1. The Balaban J connectivity index is 0.802. The maximum Gasteiger partial charge on any atom is 0.407 e. The zero-order valence-electron chi connectivity index (χ0n) is 41.2. The lowest BCUT2D eigenvalue weighted by atomic mass is 9.80. The summed E-state index contributed by atoms with van der Waals surface area (Å²) in [5.41, 5.74) is 5.40. The predicted octanol–water partition coefficient (Wildman–Crippen LogP) is 9.17. The molecule has 2 saturated carbocycles. The van der Waals surface area contributed by atoms with E-state index in [1.807, 2.05) is 22.2 Å². The number of benzene rings is 2. The van der Waals surface area contributed by atoms with Gasteiger partial charge in [0.15, 0.2) is 0 Å². The molecule has 4 amide bonds. The van der Waals surface area contributed by atoms with Crippen LogP contribution < -0.4 is 10.6 Å². The Bertz CT molecular complexity index is 2320. The molecule has 374 valence electrons. The van der Waals surface area contributed by atoms with Gasteiger partial charge < -0.3 is 49.3 Å². The zero-order chi connectivity index (χ0) is 48.6. The van der Waals surface area contributed by atoms with Crippen LogP contribution in [0.2, 0.25) is 0 Å². The van der Waals surface area contributed by atoms with Crippen LogP contribution in [0.4, 0.5) is 9.59 Å². The third-order valence-electron chi connectivity index (χ3n) is 16.9. The number of amides is 4. The van der Waals surface area contributed by atoms with Gasteiger partial charge in [-0.1, -0.05) is 74.2 Å².